The summed E-state index contributed by atoms with van der Waals surface area (Å²) in [6.07, 6.45) is 1.72. The van der Waals surface area contributed by atoms with Crippen LogP contribution < -0.4 is 5.48 Å². The molecular formula is C9H17NO3. The quantitative estimate of drug-likeness (QED) is 0.635. The summed E-state index contributed by atoms with van der Waals surface area (Å²) in [5, 5.41) is 8.92. The zero-order valence-corrected chi connectivity index (χ0v) is 8.39. The molecule has 0 atom stereocenters. The van der Waals surface area contributed by atoms with Crippen LogP contribution in [-0.4, -0.2) is 23.2 Å². The van der Waals surface area contributed by atoms with Crippen LogP contribution in [0.1, 0.15) is 33.6 Å². The summed E-state index contributed by atoms with van der Waals surface area (Å²) in [6, 6.07) is 0. The van der Waals surface area contributed by atoms with E-state index in [1.54, 1.807) is 20.8 Å². The van der Waals surface area contributed by atoms with Gasteiger partial charge >= 0.3 is 5.97 Å². The van der Waals surface area contributed by atoms with Crippen LogP contribution in [0.3, 0.4) is 0 Å². The van der Waals surface area contributed by atoms with Gasteiger partial charge in [0.1, 0.15) is 0 Å². The molecule has 0 heterocycles. The number of nitrogens with one attached hydrogen (secondary N) is 1. The minimum atomic E-state index is -0.501. The van der Waals surface area contributed by atoms with E-state index in [4.69, 9.17) is 9.94 Å². The Kier molecular flexibility index (Phi) is 2.63. The molecule has 4 heteroatoms. The molecule has 0 aromatic rings. The third-order valence-corrected chi connectivity index (χ3v) is 2.13. The molecule has 0 aromatic heterocycles. The molecule has 0 unspecified atom stereocenters. The van der Waals surface area contributed by atoms with Gasteiger partial charge in [-0.25, -0.2) is 4.79 Å². The van der Waals surface area contributed by atoms with Gasteiger partial charge in [0, 0.05) is 0 Å². The highest BCUT2D eigenvalue weighted by molar-refractivity contribution is 5.75. The predicted molar refractivity (Wildman–Crippen MR) is 47.7 cm³/mol. The normalized spacial score (nSPS) is 19.7. The minimum Gasteiger partial charge on any atom is -0.394 e. The maximum absolute atomic E-state index is 11.3. The topological polar surface area (TPSA) is 58.6 Å². The van der Waals surface area contributed by atoms with Crippen LogP contribution in [0.25, 0.3) is 0 Å². The molecule has 76 valence electrons. The van der Waals surface area contributed by atoms with Crippen molar-refractivity contribution in [2.75, 3.05) is 6.61 Å². The Morgan fingerprint density at radius 3 is 2.38 bits per heavy atom. The molecule has 0 bridgehead atoms. The van der Waals surface area contributed by atoms with Gasteiger partial charge in [0.25, 0.3) is 0 Å². The van der Waals surface area contributed by atoms with Crippen LogP contribution in [0.15, 0.2) is 0 Å². The molecular weight excluding hydrogens is 170 g/mol. The first kappa shape index (κ1) is 10.5. The maximum atomic E-state index is 11.3. The van der Waals surface area contributed by atoms with Crippen molar-refractivity contribution in [3.05, 3.63) is 0 Å². The summed E-state index contributed by atoms with van der Waals surface area (Å²) in [5.74, 6) is -0.299. The van der Waals surface area contributed by atoms with Crippen LogP contribution in [0.2, 0.25) is 0 Å². The molecule has 1 fully saturated rings. The molecule has 0 saturated heterocycles. The summed E-state index contributed by atoms with van der Waals surface area (Å²) in [6.45, 7) is 5.38. The summed E-state index contributed by atoms with van der Waals surface area (Å²) >= 11 is 0. The van der Waals surface area contributed by atoms with Gasteiger partial charge in [0.2, 0.25) is 0 Å². The van der Waals surface area contributed by atoms with Gasteiger partial charge < -0.3 is 9.94 Å². The molecule has 1 aliphatic rings. The molecule has 1 aliphatic carbocycles. The third kappa shape index (κ3) is 2.67. The van der Waals surface area contributed by atoms with Gasteiger partial charge in [-0.2, -0.15) is 0 Å². The highest BCUT2D eigenvalue weighted by Crippen LogP contribution is 2.34. The summed E-state index contributed by atoms with van der Waals surface area (Å²) in [4.78, 5) is 16.2. The Balaban J connectivity index is 2.31. The smallest absolute Gasteiger partial charge is 0.330 e. The average Bonchev–Trinajstić information content (AvgIpc) is 2.79. The fourth-order valence-corrected chi connectivity index (χ4v) is 0.751. The number of carbonyl (C=O) groups excluding carboxylic acids is 1. The summed E-state index contributed by atoms with van der Waals surface area (Å²) in [5.41, 5.74) is 1.78. The first-order chi connectivity index (χ1) is 5.90. The highest BCUT2D eigenvalue weighted by atomic mass is 16.7. The fourth-order valence-electron chi connectivity index (χ4n) is 0.751. The van der Waals surface area contributed by atoms with Gasteiger partial charge in [-0.1, -0.05) is 0 Å². The van der Waals surface area contributed by atoms with E-state index in [2.05, 4.69) is 5.48 Å². The van der Waals surface area contributed by atoms with Crippen LogP contribution in [0, 0.1) is 5.41 Å². The monoisotopic (exact) mass is 187 g/mol. The molecule has 0 radical (unpaired) electrons. The molecule has 1 saturated carbocycles. The number of carbonyl (C=O) groups is 1. The van der Waals surface area contributed by atoms with E-state index in [9.17, 15) is 4.79 Å². The van der Waals surface area contributed by atoms with Gasteiger partial charge in [-0.05, 0) is 33.6 Å². The molecule has 1 rings (SSSR count). The lowest BCUT2D eigenvalue weighted by molar-refractivity contribution is -0.164. The first-order valence-corrected chi connectivity index (χ1v) is 4.49. The van der Waals surface area contributed by atoms with Crippen molar-refractivity contribution in [1.82, 2.24) is 5.48 Å². The van der Waals surface area contributed by atoms with E-state index >= 15 is 0 Å². The van der Waals surface area contributed by atoms with Gasteiger partial charge in [-0.3, -0.25) is 0 Å². The lowest BCUT2D eigenvalue weighted by atomic mass is 9.98. The predicted octanol–water partition coefficient (Wildman–Crippen LogP) is 0.605. The van der Waals surface area contributed by atoms with Crippen LogP contribution in [-0.2, 0) is 9.63 Å². The van der Waals surface area contributed by atoms with E-state index in [-0.39, 0.29) is 18.1 Å². The Morgan fingerprint density at radius 2 is 2.08 bits per heavy atom. The number of hydroxylamine groups is 1. The zero-order chi connectivity index (χ0) is 10.1. The summed E-state index contributed by atoms with van der Waals surface area (Å²) < 4.78 is 0. The van der Waals surface area contributed by atoms with E-state index in [1.165, 1.54) is 0 Å². The fraction of sp³-hybridized carbons (Fsp3) is 0.889. The Labute approximate surface area is 78.2 Å². The van der Waals surface area contributed by atoms with Crippen molar-refractivity contribution in [3.8, 4) is 0 Å². The SMILES string of the molecule is CC(C)(C)C(=O)ONC1(CO)CC1. The van der Waals surface area contributed by atoms with Crippen molar-refractivity contribution < 1.29 is 14.7 Å². The third-order valence-electron chi connectivity index (χ3n) is 2.13. The Bertz CT molecular complexity index is 203. The molecule has 4 nitrogen and oxygen atoms in total. The molecule has 2 N–H and O–H groups in total. The van der Waals surface area contributed by atoms with E-state index in [1.807, 2.05) is 0 Å². The van der Waals surface area contributed by atoms with Crippen molar-refractivity contribution >= 4 is 5.97 Å². The van der Waals surface area contributed by atoms with Crippen LogP contribution >= 0.6 is 0 Å². The van der Waals surface area contributed by atoms with Gasteiger partial charge in [0.15, 0.2) is 0 Å². The van der Waals surface area contributed by atoms with Crippen molar-refractivity contribution in [2.45, 2.75) is 39.2 Å². The first-order valence-electron chi connectivity index (χ1n) is 4.49. The zero-order valence-electron chi connectivity index (χ0n) is 8.39. The maximum Gasteiger partial charge on any atom is 0.330 e. The van der Waals surface area contributed by atoms with Crippen molar-refractivity contribution in [2.24, 2.45) is 5.41 Å². The Morgan fingerprint density at radius 1 is 1.54 bits per heavy atom. The second kappa shape index (κ2) is 3.27. The van der Waals surface area contributed by atoms with Gasteiger partial charge in [0.05, 0.1) is 17.6 Å². The van der Waals surface area contributed by atoms with E-state index in [0.29, 0.717) is 0 Å². The number of aliphatic hydroxyl groups excluding tert-OH is 1. The average molecular weight is 187 g/mol. The van der Waals surface area contributed by atoms with Crippen molar-refractivity contribution in [3.63, 3.8) is 0 Å². The van der Waals surface area contributed by atoms with Crippen molar-refractivity contribution in [1.29, 1.82) is 0 Å². The number of aliphatic hydroxyl groups is 1. The lowest BCUT2D eigenvalue weighted by Crippen LogP contribution is -2.39. The highest BCUT2D eigenvalue weighted by Gasteiger charge is 2.44. The minimum absolute atomic E-state index is 0.0183. The molecule has 0 amide bonds. The number of hydrogen-bond donors (Lipinski definition) is 2. The Hall–Kier alpha value is -0.610. The number of hydrogen-bond acceptors (Lipinski definition) is 4. The standard InChI is InChI=1S/C9H17NO3/c1-8(2,3)7(12)13-10-9(6-11)4-5-9/h10-11H,4-6H2,1-3H3. The molecule has 0 aliphatic heterocycles. The van der Waals surface area contributed by atoms with Crippen LogP contribution in [0.5, 0.6) is 0 Å². The second-order valence-electron chi connectivity index (χ2n) is 4.68. The van der Waals surface area contributed by atoms with E-state index < -0.39 is 5.41 Å². The largest absolute Gasteiger partial charge is 0.394 e. The molecule has 0 spiro atoms. The molecule has 0 aromatic carbocycles. The number of rotatable bonds is 3. The lowest BCUT2D eigenvalue weighted by Gasteiger charge is -2.19. The summed E-state index contributed by atoms with van der Waals surface area (Å²) in [7, 11) is 0. The van der Waals surface area contributed by atoms with Crippen LogP contribution in [0.4, 0.5) is 0 Å². The second-order valence-corrected chi connectivity index (χ2v) is 4.68. The van der Waals surface area contributed by atoms with Gasteiger partial charge in [-0.15, -0.1) is 5.48 Å². The molecule has 13 heavy (non-hydrogen) atoms. The van der Waals surface area contributed by atoms with E-state index in [0.717, 1.165) is 12.8 Å².